The maximum atomic E-state index is 6.35. The molecule has 1 N–H and O–H groups in total. The van der Waals surface area contributed by atoms with Crippen LogP contribution in [0.1, 0.15) is 25.1 Å². The van der Waals surface area contributed by atoms with Crippen molar-refractivity contribution in [1.29, 1.82) is 0 Å². The third kappa shape index (κ3) is 2.40. The average Bonchev–Trinajstić information content (AvgIpc) is 2.64. The number of thiophene rings is 1. The van der Waals surface area contributed by atoms with Crippen molar-refractivity contribution in [3.05, 3.63) is 34.2 Å². The maximum Gasteiger partial charge on any atom is 0.0636 e. The third-order valence-electron chi connectivity index (χ3n) is 2.82. The number of fused-ring (bicyclic) bond motifs is 1. The molecule has 1 aromatic heterocycles. The minimum absolute atomic E-state index is 0.543. The fourth-order valence-corrected chi connectivity index (χ4v) is 3.04. The molecule has 0 aliphatic heterocycles. The fourth-order valence-electron chi connectivity index (χ4n) is 1.59. The summed E-state index contributed by atoms with van der Waals surface area (Å²) in [5.41, 5.74) is 0. The van der Waals surface area contributed by atoms with Crippen LogP contribution in [-0.4, -0.2) is 6.04 Å². The second kappa shape index (κ2) is 5.17. The molecule has 0 spiro atoms. The van der Waals surface area contributed by atoms with E-state index in [9.17, 15) is 0 Å². The smallest absolute Gasteiger partial charge is 0.0636 e. The van der Waals surface area contributed by atoms with Crippen molar-refractivity contribution in [2.45, 2.75) is 32.9 Å². The van der Waals surface area contributed by atoms with Gasteiger partial charge in [0.2, 0.25) is 0 Å². The Hall–Kier alpha value is -0.570. The highest BCUT2D eigenvalue weighted by Gasteiger charge is 2.09. The van der Waals surface area contributed by atoms with Crippen molar-refractivity contribution >= 4 is 33.0 Å². The summed E-state index contributed by atoms with van der Waals surface area (Å²) in [6, 6.07) is 8.84. The summed E-state index contributed by atoms with van der Waals surface area (Å²) < 4.78 is 1.27. The molecular weight excluding hydrogens is 238 g/mol. The van der Waals surface area contributed by atoms with Crippen LogP contribution >= 0.6 is 22.9 Å². The van der Waals surface area contributed by atoms with Gasteiger partial charge in [0.15, 0.2) is 0 Å². The summed E-state index contributed by atoms with van der Waals surface area (Å²) in [4.78, 5) is 1.24. The first-order valence-electron chi connectivity index (χ1n) is 5.61. The quantitative estimate of drug-likeness (QED) is 0.849. The van der Waals surface area contributed by atoms with Gasteiger partial charge in [-0.05, 0) is 19.4 Å². The minimum Gasteiger partial charge on any atom is -0.309 e. The summed E-state index contributed by atoms with van der Waals surface area (Å²) in [6.07, 6.45) is 1.14. The molecule has 0 amide bonds. The predicted molar refractivity (Wildman–Crippen MR) is 73.4 cm³/mol. The molecule has 86 valence electrons. The molecule has 1 nitrogen and oxygen atoms in total. The summed E-state index contributed by atoms with van der Waals surface area (Å²) in [5.74, 6) is 0. The van der Waals surface area contributed by atoms with E-state index in [4.69, 9.17) is 11.6 Å². The number of rotatable bonds is 4. The number of hydrogen-bond acceptors (Lipinski definition) is 2. The Kier molecular flexibility index (Phi) is 3.85. The first-order chi connectivity index (χ1) is 7.72. The highest BCUT2D eigenvalue weighted by molar-refractivity contribution is 7.19. The molecule has 1 aromatic carbocycles. The van der Waals surface area contributed by atoms with E-state index in [0.717, 1.165) is 18.0 Å². The molecule has 0 aliphatic carbocycles. The Morgan fingerprint density at radius 1 is 1.38 bits per heavy atom. The Balaban J connectivity index is 2.21. The largest absolute Gasteiger partial charge is 0.309 e. The minimum atomic E-state index is 0.543. The topological polar surface area (TPSA) is 12.0 Å². The van der Waals surface area contributed by atoms with Crippen LogP contribution in [0.2, 0.25) is 5.02 Å². The average molecular weight is 254 g/mol. The molecule has 0 saturated heterocycles. The van der Waals surface area contributed by atoms with Gasteiger partial charge in [0.25, 0.3) is 0 Å². The second-order valence-corrected chi connectivity index (χ2v) is 5.54. The van der Waals surface area contributed by atoms with E-state index in [2.05, 4.69) is 37.4 Å². The van der Waals surface area contributed by atoms with Crippen molar-refractivity contribution < 1.29 is 0 Å². The van der Waals surface area contributed by atoms with Crippen molar-refractivity contribution in [3.8, 4) is 0 Å². The number of nitrogens with one attached hydrogen (secondary N) is 1. The van der Waals surface area contributed by atoms with Crippen LogP contribution in [0.5, 0.6) is 0 Å². The van der Waals surface area contributed by atoms with E-state index in [0.29, 0.717) is 6.04 Å². The molecular formula is C13H16ClNS. The second-order valence-electron chi connectivity index (χ2n) is 4.03. The van der Waals surface area contributed by atoms with Crippen molar-refractivity contribution in [3.63, 3.8) is 0 Å². The van der Waals surface area contributed by atoms with Crippen LogP contribution in [0.3, 0.4) is 0 Å². The molecule has 1 unspecified atom stereocenters. The summed E-state index contributed by atoms with van der Waals surface area (Å²) in [6.45, 7) is 5.25. The van der Waals surface area contributed by atoms with Gasteiger partial charge < -0.3 is 5.32 Å². The van der Waals surface area contributed by atoms with Crippen molar-refractivity contribution in [2.24, 2.45) is 0 Å². The zero-order valence-electron chi connectivity index (χ0n) is 9.59. The lowest BCUT2D eigenvalue weighted by atomic mass is 10.2. The standard InChI is InChI=1S/C13H16ClNS/c1-3-9(2)15-8-12-13(14)10-6-4-5-7-11(10)16-12/h4-7,9,15H,3,8H2,1-2H3. The zero-order chi connectivity index (χ0) is 11.5. The lowest BCUT2D eigenvalue weighted by Crippen LogP contribution is -2.23. The van der Waals surface area contributed by atoms with Gasteiger partial charge in [-0.3, -0.25) is 0 Å². The molecule has 3 heteroatoms. The van der Waals surface area contributed by atoms with Gasteiger partial charge >= 0.3 is 0 Å². The molecule has 0 aliphatic rings. The van der Waals surface area contributed by atoms with Crippen molar-refractivity contribution in [1.82, 2.24) is 5.32 Å². The van der Waals surface area contributed by atoms with Gasteiger partial charge in [0, 0.05) is 27.5 Å². The van der Waals surface area contributed by atoms with Gasteiger partial charge in [0.1, 0.15) is 0 Å². The van der Waals surface area contributed by atoms with E-state index in [1.54, 1.807) is 11.3 Å². The van der Waals surface area contributed by atoms with Crippen molar-refractivity contribution in [2.75, 3.05) is 0 Å². The zero-order valence-corrected chi connectivity index (χ0v) is 11.2. The Morgan fingerprint density at radius 3 is 2.81 bits per heavy atom. The van der Waals surface area contributed by atoms with E-state index in [1.807, 2.05) is 6.07 Å². The summed E-state index contributed by atoms with van der Waals surface area (Å²) in [5, 5.41) is 5.57. The van der Waals surface area contributed by atoms with Crippen LogP contribution in [0, 0.1) is 0 Å². The lowest BCUT2D eigenvalue weighted by molar-refractivity contribution is 0.537. The number of halogens is 1. The molecule has 1 heterocycles. The SMILES string of the molecule is CCC(C)NCc1sc2ccccc2c1Cl. The highest BCUT2D eigenvalue weighted by Crippen LogP contribution is 2.34. The van der Waals surface area contributed by atoms with Gasteiger partial charge in [0.05, 0.1) is 5.02 Å². The summed E-state index contributed by atoms with van der Waals surface area (Å²) >= 11 is 8.14. The van der Waals surface area contributed by atoms with Gasteiger partial charge in [-0.1, -0.05) is 36.7 Å². The molecule has 0 bridgehead atoms. The monoisotopic (exact) mass is 253 g/mol. The van der Waals surface area contributed by atoms with Gasteiger partial charge in [-0.25, -0.2) is 0 Å². The maximum absolute atomic E-state index is 6.35. The van der Waals surface area contributed by atoms with Crippen LogP contribution in [0.15, 0.2) is 24.3 Å². The first-order valence-corrected chi connectivity index (χ1v) is 6.81. The van der Waals surface area contributed by atoms with E-state index < -0.39 is 0 Å². The first kappa shape index (κ1) is 11.9. The lowest BCUT2D eigenvalue weighted by Gasteiger charge is -2.09. The normalized spacial score (nSPS) is 13.2. The Bertz CT molecular complexity index is 478. The molecule has 0 fully saturated rings. The molecule has 1 atom stereocenters. The summed E-state index contributed by atoms with van der Waals surface area (Å²) in [7, 11) is 0. The molecule has 2 aromatic rings. The van der Waals surface area contributed by atoms with Crippen LogP contribution < -0.4 is 5.32 Å². The van der Waals surface area contributed by atoms with E-state index in [1.165, 1.54) is 15.0 Å². The fraction of sp³-hybridized carbons (Fsp3) is 0.385. The Morgan fingerprint density at radius 2 is 2.12 bits per heavy atom. The predicted octanol–water partition coefficient (Wildman–Crippen LogP) is 4.44. The van der Waals surface area contributed by atoms with Gasteiger partial charge in [-0.15, -0.1) is 11.3 Å². The molecule has 16 heavy (non-hydrogen) atoms. The van der Waals surface area contributed by atoms with Crippen LogP contribution in [0.4, 0.5) is 0 Å². The number of hydrogen-bond donors (Lipinski definition) is 1. The van der Waals surface area contributed by atoms with Gasteiger partial charge in [-0.2, -0.15) is 0 Å². The van der Waals surface area contributed by atoms with Crippen LogP contribution in [-0.2, 0) is 6.54 Å². The highest BCUT2D eigenvalue weighted by atomic mass is 35.5. The number of benzene rings is 1. The van der Waals surface area contributed by atoms with E-state index >= 15 is 0 Å². The van der Waals surface area contributed by atoms with E-state index in [-0.39, 0.29) is 0 Å². The third-order valence-corrected chi connectivity index (χ3v) is 4.54. The molecule has 0 radical (unpaired) electrons. The molecule has 0 saturated carbocycles. The Labute approximate surface area is 105 Å². The van der Waals surface area contributed by atoms with Crippen LogP contribution in [0.25, 0.3) is 10.1 Å². The molecule has 2 rings (SSSR count).